The number of nitrogens with zero attached hydrogens (tertiary/aromatic N) is 5. The van der Waals surface area contributed by atoms with Crippen molar-refractivity contribution in [3.05, 3.63) is 198 Å². The Morgan fingerprint density at radius 3 is 1.12 bits per heavy atom. The highest BCUT2D eigenvalue weighted by Crippen LogP contribution is 2.42. The second-order valence-corrected chi connectivity index (χ2v) is 16.0. The Balaban J connectivity index is 1.22. The van der Waals surface area contributed by atoms with Crippen molar-refractivity contribution >= 4 is 43.6 Å². The molecule has 0 fully saturated rings. The van der Waals surface area contributed by atoms with Crippen LogP contribution in [0, 0.1) is 27.7 Å². The van der Waals surface area contributed by atoms with Crippen molar-refractivity contribution in [2.45, 2.75) is 27.7 Å². The summed E-state index contributed by atoms with van der Waals surface area (Å²) in [7, 11) is 0. The molecule has 0 aliphatic heterocycles. The van der Waals surface area contributed by atoms with Gasteiger partial charge in [0.05, 0.1) is 33.4 Å². The van der Waals surface area contributed by atoms with Crippen LogP contribution in [-0.4, -0.2) is 24.1 Å². The number of para-hydroxylation sites is 1. The van der Waals surface area contributed by atoms with E-state index in [1.807, 2.05) is 36.4 Å². The van der Waals surface area contributed by atoms with E-state index in [0.717, 1.165) is 50.2 Å². The van der Waals surface area contributed by atoms with Crippen LogP contribution in [-0.2, 0) is 0 Å². The lowest BCUT2D eigenvalue weighted by atomic mass is 9.98. The predicted octanol–water partition coefficient (Wildman–Crippen LogP) is 14.0. The molecule has 0 spiro atoms. The van der Waals surface area contributed by atoms with Gasteiger partial charge in [0.15, 0.2) is 17.5 Å². The molecule has 0 N–H and O–H groups in total. The Morgan fingerprint density at radius 1 is 0.300 bits per heavy atom. The van der Waals surface area contributed by atoms with E-state index in [0.29, 0.717) is 17.5 Å². The van der Waals surface area contributed by atoms with Gasteiger partial charge in [-0.1, -0.05) is 138 Å². The van der Waals surface area contributed by atoms with Crippen LogP contribution in [0.2, 0.25) is 0 Å². The number of hydrogen-bond donors (Lipinski definition) is 0. The second-order valence-electron chi connectivity index (χ2n) is 16.0. The maximum atomic E-state index is 5.18. The molecule has 8 aromatic carbocycles. The SMILES string of the molecule is Cc1ccc2c(c1)c1cc(C)ccc1n2-c1ccccc1-c1ccc(-c2nc(-c3ccccc3)nc(-c3ccccc3)n2)cc1-n1c2ccc(C)cc2c2cc(C)ccc21. The van der Waals surface area contributed by atoms with Crippen molar-refractivity contribution in [3.8, 4) is 56.7 Å². The van der Waals surface area contributed by atoms with Crippen LogP contribution in [0.25, 0.3) is 100 Å². The number of fused-ring (bicyclic) bond motifs is 6. The summed E-state index contributed by atoms with van der Waals surface area (Å²) in [5.41, 5.74) is 16.8. The van der Waals surface area contributed by atoms with Gasteiger partial charge in [-0.05, 0) is 88.4 Å². The molecule has 11 rings (SSSR count). The molecule has 0 aliphatic rings. The average Bonchev–Trinajstić information content (AvgIpc) is 3.77. The lowest BCUT2D eigenvalue weighted by Gasteiger charge is -2.19. The Hall–Kier alpha value is -7.63. The van der Waals surface area contributed by atoms with Gasteiger partial charge < -0.3 is 9.13 Å². The van der Waals surface area contributed by atoms with Crippen LogP contribution in [0.5, 0.6) is 0 Å². The van der Waals surface area contributed by atoms with E-state index in [9.17, 15) is 0 Å². The molecule has 0 saturated carbocycles. The van der Waals surface area contributed by atoms with Crippen LogP contribution >= 0.6 is 0 Å². The zero-order valence-corrected chi connectivity index (χ0v) is 34.0. The first-order valence-electron chi connectivity index (χ1n) is 20.5. The summed E-state index contributed by atoms with van der Waals surface area (Å²) >= 11 is 0. The van der Waals surface area contributed by atoms with Crippen LogP contribution in [0.3, 0.4) is 0 Å². The minimum absolute atomic E-state index is 0.615. The fourth-order valence-corrected chi connectivity index (χ4v) is 8.94. The van der Waals surface area contributed by atoms with Gasteiger partial charge in [0.25, 0.3) is 0 Å². The maximum absolute atomic E-state index is 5.18. The molecule has 60 heavy (non-hydrogen) atoms. The van der Waals surface area contributed by atoms with Gasteiger partial charge >= 0.3 is 0 Å². The first-order valence-corrected chi connectivity index (χ1v) is 20.5. The lowest BCUT2D eigenvalue weighted by Crippen LogP contribution is -2.03. The number of rotatable bonds is 6. The van der Waals surface area contributed by atoms with Crippen LogP contribution in [0.1, 0.15) is 22.3 Å². The van der Waals surface area contributed by atoms with E-state index >= 15 is 0 Å². The highest BCUT2D eigenvalue weighted by atomic mass is 15.0. The second kappa shape index (κ2) is 14.0. The molecule has 0 radical (unpaired) electrons. The molecule has 3 aromatic heterocycles. The number of aryl methyl sites for hydroxylation is 4. The van der Waals surface area contributed by atoms with Gasteiger partial charge in [0.2, 0.25) is 0 Å². The van der Waals surface area contributed by atoms with Crippen LogP contribution < -0.4 is 0 Å². The monoisotopic (exact) mass is 771 g/mol. The van der Waals surface area contributed by atoms with Gasteiger partial charge in [0.1, 0.15) is 0 Å². The maximum Gasteiger partial charge on any atom is 0.164 e. The standard InChI is InChI=1S/C55H41N5/c1-34-19-25-48-43(29-34)44-30-35(2)20-26-49(44)59(48)47-18-12-11-17-41(47)42-24-23-40(33-52(42)60-50-27-21-36(3)31-45(50)46-32-37(4)22-28-51(46)60)55-57-53(38-13-7-5-8-14-38)56-54(58-55)39-15-9-6-10-16-39/h5-33H,1-4H3. The summed E-state index contributed by atoms with van der Waals surface area (Å²) in [4.78, 5) is 15.4. The van der Waals surface area contributed by atoms with Crippen molar-refractivity contribution in [2.75, 3.05) is 0 Å². The topological polar surface area (TPSA) is 48.5 Å². The van der Waals surface area contributed by atoms with Gasteiger partial charge in [-0.15, -0.1) is 0 Å². The zero-order valence-electron chi connectivity index (χ0n) is 34.0. The van der Waals surface area contributed by atoms with Gasteiger partial charge in [-0.2, -0.15) is 0 Å². The summed E-state index contributed by atoms with van der Waals surface area (Å²) in [6, 6.07) is 63.1. The van der Waals surface area contributed by atoms with Gasteiger partial charge in [0, 0.05) is 49.4 Å². The van der Waals surface area contributed by atoms with Crippen molar-refractivity contribution in [2.24, 2.45) is 0 Å². The minimum atomic E-state index is 0.615. The predicted molar refractivity (Wildman–Crippen MR) is 249 cm³/mol. The number of benzene rings is 8. The molecule has 3 heterocycles. The van der Waals surface area contributed by atoms with E-state index < -0.39 is 0 Å². The smallest absolute Gasteiger partial charge is 0.164 e. The molecule has 11 aromatic rings. The fourth-order valence-electron chi connectivity index (χ4n) is 8.94. The summed E-state index contributed by atoms with van der Waals surface area (Å²) < 4.78 is 4.88. The molecule has 0 bridgehead atoms. The van der Waals surface area contributed by atoms with Gasteiger partial charge in [-0.3, -0.25) is 0 Å². The van der Waals surface area contributed by atoms with Crippen molar-refractivity contribution < 1.29 is 0 Å². The minimum Gasteiger partial charge on any atom is -0.309 e. The van der Waals surface area contributed by atoms with Crippen LogP contribution in [0.4, 0.5) is 0 Å². The molecule has 5 nitrogen and oxygen atoms in total. The first kappa shape index (κ1) is 35.5. The van der Waals surface area contributed by atoms with E-state index in [-0.39, 0.29) is 0 Å². The Labute approximate surface area is 348 Å². The highest BCUT2D eigenvalue weighted by Gasteiger charge is 2.22. The largest absolute Gasteiger partial charge is 0.309 e. The summed E-state index contributed by atoms with van der Waals surface area (Å²) in [6.45, 7) is 8.69. The molecule has 0 atom stereocenters. The van der Waals surface area contributed by atoms with E-state index in [1.54, 1.807) is 0 Å². The highest BCUT2D eigenvalue weighted by molar-refractivity contribution is 6.12. The molecule has 0 saturated heterocycles. The quantitative estimate of drug-likeness (QED) is 0.169. The average molecular weight is 772 g/mol. The van der Waals surface area contributed by atoms with E-state index in [2.05, 4.69) is 176 Å². The molecule has 5 heteroatoms. The third-order valence-electron chi connectivity index (χ3n) is 11.8. The third-order valence-corrected chi connectivity index (χ3v) is 11.8. The van der Waals surface area contributed by atoms with Crippen molar-refractivity contribution in [1.82, 2.24) is 24.1 Å². The van der Waals surface area contributed by atoms with Crippen molar-refractivity contribution in [3.63, 3.8) is 0 Å². The number of hydrogen-bond acceptors (Lipinski definition) is 3. The number of aromatic nitrogens is 5. The molecular weight excluding hydrogens is 731 g/mol. The normalized spacial score (nSPS) is 11.7. The fraction of sp³-hybridized carbons (Fsp3) is 0.0727. The Kier molecular flexibility index (Phi) is 8.31. The summed E-state index contributed by atoms with van der Waals surface area (Å²) in [5, 5.41) is 4.96. The third kappa shape index (κ3) is 5.89. The Bertz CT molecular complexity index is 3290. The van der Waals surface area contributed by atoms with Crippen LogP contribution in [0.15, 0.2) is 176 Å². The molecule has 0 unspecified atom stereocenters. The lowest BCUT2D eigenvalue weighted by molar-refractivity contribution is 1.07. The molecule has 0 amide bonds. The first-order chi connectivity index (χ1) is 29.4. The van der Waals surface area contributed by atoms with E-state index in [4.69, 9.17) is 15.0 Å². The summed E-state index contributed by atoms with van der Waals surface area (Å²) in [6.07, 6.45) is 0. The Morgan fingerprint density at radius 2 is 0.667 bits per heavy atom. The van der Waals surface area contributed by atoms with Crippen molar-refractivity contribution in [1.29, 1.82) is 0 Å². The molecular formula is C55H41N5. The van der Waals surface area contributed by atoms with E-state index in [1.165, 1.54) is 54.8 Å². The summed E-state index contributed by atoms with van der Waals surface area (Å²) in [5.74, 6) is 1.88. The molecule has 286 valence electrons. The van der Waals surface area contributed by atoms with Gasteiger partial charge in [-0.25, -0.2) is 15.0 Å². The molecule has 0 aliphatic carbocycles. The zero-order chi connectivity index (χ0) is 40.5.